The molecule has 114 valence electrons. The second-order valence-electron chi connectivity index (χ2n) is 5.67. The van der Waals surface area contributed by atoms with Crippen molar-refractivity contribution >= 4 is 33.7 Å². The van der Waals surface area contributed by atoms with E-state index in [0.717, 1.165) is 35.4 Å². The maximum atomic E-state index is 10.7. The molecule has 0 aromatic heterocycles. The quantitative estimate of drug-likeness (QED) is 0.827. The van der Waals surface area contributed by atoms with E-state index in [1.54, 1.807) is 6.08 Å². The van der Waals surface area contributed by atoms with E-state index in [1.807, 2.05) is 18.2 Å². The molecule has 1 heterocycles. The second-order valence-corrected chi connectivity index (χ2v) is 6.59. The van der Waals surface area contributed by atoms with E-state index in [9.17, 15) is 4.79 Å². The van der Waals surface area contributed by atoms with Gasteiger partial charge >= 0.3 is 5.97 Å². The van der Waals surface area contributed by atoms with Gasteiger partial charge in [0, 0.05) is 36.4 Å². The summed E-state index contributed by atoms with van der Waals surface area (Å²) in [6.07, 6.45) is 4.06. The van der Waals surface area contributed by atoms with Crippen molar-refractivity contribution in [1.82, 2.24) is 4.90 Å². The highest BCUT2D eigenvalue weighted by atomic mass is 79.9. The van der Waals surface area contributed by atoms with Crippen LogP contribution in [0.3, 0.4) is 0 Å². The van der Waals surface area contributed by atoms with E-state index in [1.165, 1.54) is 12.5 Å². The Bertz CT molecular complexity index is 545. The summed E-state index contributed by atoms with van der Waals surface area (Å²) in [5.41, 5.74) is 1.98. The van der Waals surface area contributed by atoms with Crippen LogP contribution < -0.4 is 4.90 Å². The van der Waals surface area contributed by atoms with Crippen molar-refractivity contribution in [2.75, 3.05) is 38.6 Å². The van der Waals surface area contributed by atoms with Gasteiger partial charge in [0.25, 0.3) is 0 Å². The number of carboxylic acid groups (broad SMARTS) is 1. The number of carboxylic acids is 1. The van der Waals surface area contributed by atoms with Gasteiger partial charge in [-0.05, 0) is 49.7 Å². The number of likely N-dealkylation sites (tertiary alicyclic amines) is 1. The summed E-state index contributed by atoms with van der Waals surface area (Å²) >= 11 is 3.49. The van der Waals surface area contributed by atoms with E-state index in [4.69, 9.17) is 5.11 Å². The number of benzene rings is 1. The summed E-state index contributed by atoms with van der Waals surface area (Å²) in [7, 11) is 4.22. The van der Waals surface area contributed by atoms with Crippen LogP contribution >= 0.6 is 15.9 Å². The molecule has 1 N–H and O–H groups in total. The van der Waals surface area contributed by atoms with Crippen molar-refractivity contribution < 1.29 is 9.90 Å². The highest BCUT2D eigenvalue weighted by molar-refractivity contribution is 9.10. The average Bonchev–Trinajstić information content (AvgIpc) is 2.82. The number of aliphatic carboxylic acids is 1. The van der Waals surface area contributed by atoms with Crippen LogP contribution in [-0.4, -0.2) is 49.7 Å². The molecular weight excluding hydrogens is 332 g/mol. The van der Waals surface area contributed by atoms with Crippen molar-refractivity contribution in [2.24, 2.45) is 5.92 Å². The Morgan fingerprint density at radius 3 is 2.95 bits per heavy atom. The van der Waals surface area contributed by atoms with E-state index in [-0.39, 0.29) is 0 Å². The van der Waals surface area contributed by atoms with Gasteiger partial charge < -0.3 is 14.9 Å². The molecule has 1 atom stereocenters. The van der Waals surface area contributed by atoms with Gasteiger partial charge in [-0.2, -0.15) is 0 Å². The van der Waals surface area contributed by atoms with E-state index < -0.39 is 5.97 Å². The second kappa shape index (κ2) is 7.09. The molecule has 0 bridgehead atoms. The van der Waals surface area contributed by atoms with Gasteiger partial charge in [-0.25, -0.2) is 4.79 Å². The van der Waals surface area contributed by atoms with Gasteiger partial charge in [-0.1, -0.05) is 22.0 Å². The molecule has 5 heteroatoms. The van der Waals surface area contributed by atoms with Crippen LogP contribution in [0.1, 0.15) is 12.0 Å². The molecule has 4 nitrogen and oxygen atoms in total. The Labute approximate surface area is 134 Å². The van der Waals surface area contributed by atoms with Crippen molar-refractivity contribution in [3.8, 4) is 0 Å². The SMILES string of the molecule is CN1CCC(CN(C)c2cc(Br)ccc2C=CC(=O)O)C1. The fourth-order valence-electron chi connectivity index (χ4n) is 2.81. The zero-order valence-electron chi connectivity index (χ0n) is 12.4. The molecule has 0 aliphatic carbocycles. The van der Waals surface area contributed by atoms with E-state index >= 15 is 0 Å². The lowest BCUT2D eigenvalue weighted by Gasteiger charge is -2.25. The topological polar surface area (TPSA) is 43.8 Å². The number of halogens is 1. The van der Waals surface area contributed by atoms with Crippen molar-refractivity contribution in [3.63, 3.8) is 0 Å². The highest BCUT2D eigenvalue weighted by Crippen LogP contribution is 2.27. The Kier molecular flexibility index (Phi) is 5.42. The molecule has 0 spiro atoms. The lowest BCUT2D eigenvalue weighted by molar-refractivity contribution is -0.131. The predicted octanol–water partition coefficient (Wildman–Crippen LogP) is 2.93. The normalized spacial score (nSPS) is 19.3. The molecule has 2 rings (SSSR count). The number of carbonyl (C=O) groups is 1. The number of rotatable bonds is 5. The molecule has 1 aliphatic rings. The van der Waals surface area contributed by atoms with Crippen LogP contribution in [-0.2, 0) is 4.79 Å². The zero-order valence-corrected chi connectivity index (χ0v) is 14.0. The molecule has 21 heavy (non-hydrogen) atoms. The molecule has 1 fully saturated rings. The molecule has 0 amide bonds. The molecular formula is C16H21BrN2O2. The molecule has 1 aromatic carbocycles. The first-order valence-electron chi connectivity index (χ1n) is 7.06. The summed E-state index contributed by atoms with van der Waals surface area (Å²) in [5.74, 6) is -0.265. The largest absolute Gasteiger partial charge is 0.478 e. The van der Waals surface area contributed by atoms with E-state index in [0.29, 0.717) is 5.92 Å². The van der Waals surface area contributed by atoms with Crippen LogP contribution in [0.15, 0.2) is 28.7 Å². The minimum atomic E-state index is -0.927. The highest BCUT2D eigenvalue weighted by Gasteiger charge is 2.21. The number of hydrogen-bond donors (Lipinski definition) is 1. The van der Waals surface area contributed by atoms with Crippen LogP contribution in [0, 0.1) is 5.92 Å². The van der Waals surface area contributed by atoms with Gasteiger partial charge in [0.05, 0.1) is 0 Å². The summed E-state index contributed by atoms with van der Waals surface area (Å²) in [6.45, 7) is 3.26. The third-order valence-corrected chi connectivity index (χ3v) is 4.32. The van der Waals surface area contributed by atoms with E-state index in [2.05, 4.69) is 39.8 Å². The maximum Gasteiger partial charge on any atom is 0.328 e. The molecule has 1 unspecified atom stereocenters. The van der Waals surface area contributed by atoms with Gasteiger partial charge in [-0.15, -0.1) is 0 Å². The van der Waals surface area contributed by atoms with Crippen molar-refractivity contribution in [3.05, 3.63) is 34.3 Å². The Balaban J connectivity index is 2.16. The fourth-order valence-corrected chi connectivity index (χ4v) is 3.16. The van der Waals surface area contributed by atoms with Gasteiger partial charge in [0.1, 0.15) is 0 Å². The first kappa shape index (κ1) is 16.0. The first-order chi connectivity index (χ1) is 9.95. The molecule has 1 saturated heterocycles. The van der Waals surface area contributed by atoms with Crippen molar-refractivity contribution in [2.45, 2.75) is 6.42 Å². The standard InChI is InChI=1S/C16H21BrN2O2/c1-18-8-7-12(10-18)11-19(2)15-9-14(17)5-3-13(15)4-6-16(20)21/h3-6,9,12H,7-8,10-11H2,1-2H3,(H,20,21). The fraction of sp³-hybridized carbons (Fsp3) is 0.438. The third-order valence-electron chi connectivity index (χ3n) is 3.83. The van der Waals surface area contributed by atoms with Gasteiger partial charge in [0.15, 0.2) is 0 Å². The number of nitrogens with zero attached hydrogens (tertiary/aromatic N) is 2. The predicted molar refractivity (Wildman–Crippen MR) is 89.7 cm³/mol. The molecule has 0 radical (unpaired) electrons. The van der Waals surface area contributed by atoms with Crippen LogP contribution in [0.25, 0.3) is 6.08 Å². The average molecular weight is 353 g/mol. The molecule has 0 saturated carbocycles. The first-order valence-corrected chi connectivity index (χ1v) is 7.85. The monoisotopic (exact) mass is 352 g/mol. The smallest absolute Gasteiger partial charge is 0.328 e. The lowest BCUT2D eigenvalue weighted by atomic mass is 10.1. The Hall–Kier alpha value is -1.33. The minimum Gasteiger partial charge on any atom is -0.478 e. The number of hydrogen-bond acceptors (Lipinski definition) is 3. The van der Waals surface area contributed by atoms with Crippen LogP contribution in [0.2, 0.25) is 0 Å². The Morgan fingerprint density at radius 2 is 2.33 bits per heavy atom. The van der Waals surface area contributed by atoms with Gasteiger partial charge in [-0.3, -0.25) is 0 Å². The Morgan fingerprint density at radius 1 is 1.57 bits per heavy atom. The third kappa shape index (κ3) is 4.58. The molecule has 1 aliphatic heterocycles. The summed E-state index contributed by atoms with van der Waals surface area (Å²) in [4.78, 5) is 15.3. The molecule has 1 aromatic rings. The van der Waals surface area contributed by atoms with Gasteiger partial charge in [0.2, 0.25) is 0 Å². The maximum absolute atomic E-state index is 10.7. The van der Waals surface area contributed by atoms with Crippen molar-refractivity contribution in [1.29, 1.82) is 0 Å². The zero-order chi connectivity index (χ0) is 15.4. The lowest BCUT2D eigenvalue weighted by Crippen LogP contribution is -2.27. The summed E-state index contributed by atoms with van der Waals surface area (Å²) in [6, 6.07) is 5.92. The van der Waals surface area contributed by atoms with Crippen LogP contribution in [0.5, 0.6) is 0 Å². The summed E-state index contributed by atoms with van der Waals surface area (Å²) < 4.78 is 1.00. The summed E-state index contributed by atoms with van der Waals surface area (Å²) in [5, 5.41) is 8.80. The van der Waals surface area contributed by atoms with Crippen LogP contribution in [0.4, 0.5) is 5.69 Å². The number of anilines is 1. The minimum absolute atomic E-state index is 0.662.